The second kappa shape index (κ2) is 3.42. The molecule has 0 atom stereocenters. The van der Waals surface area contributed by atoms with E-state index < -0.39 is 0 Å². The summed E-state index contributed by atoms with van der Waals surface area (Å²) < 4.78 is 1.66. The van der Waals surface area contributed by atoms with Crippen LogP contribution in [0.1, 0.15) is 0 Å². The summed E-state index contributed by atoms with van der Waals surface area (Å²) >= 11 is 7.22. The molecule has 62 valence electrons. The van der Waals surface area contributed by atoms with Gasteiger partial charge in [0.15, 0.2) is 4.47 Å². The first-order chi connectivity index (χ1) is 5.79. The van der Waals surface area contributed by atoms with E-state index in [1.807, 2.05) is 18.2 Å². The Bertz CT molecular complexity index is 413. The zero-order valence-electron chi connectivity index (χ0n) is 5.75. The molecule has 0 radical (unpaired) electrons. The molecule has 0 aliphatic carbocycles. The molecule has 0 N–H and O–H groups in total. The van der Waals surface area contributed by atoms with Gasteiger partial charge in [0.1, 0.15) is 0 Å². The highest BCUT2D eigenvalue weighted by Gasteiger charge is 2.01. The highest BCUT2D eigenvalue weighted by atomic mass is 35.7. The number of rotatable bonds is 1. The van der Waals surface area contributed by atoms with Crippen molar-refractivity contribution < 1.29 is 0 Å². The van der Waals surface area contributed by atoms with E-state index in [0.29, 0.717) is 4.47 Å². The Morgan fingerprint density at radius 1 is 1.42 bits per heavy atom. The van der Waals surface area contributed by atoms with Crippen LogP contribution in [0.25, 0.3) is 10.2 Å². The van der Waals surface area contributed by atoms with Crippen molar-refractivity contribution in [1.29, 1.82) is 0 Å². The number of benzene rings is 1. The molecule has 12 heavy (non-hydrogen) atoms. The maximum Gasteiger partial charge on any atom is 0.184 e. The van der Waals surface area contributed by atoms with E-state index in [-0.39, 0.29) is 0 Å². The van der Waals surface area contributed by atoms with E-state index in [0.717, 1.165) is 15.1 Å². The van der Waals surface area contributed by atoms with Gasteiger partial charge >= 0.3 is 0 Å². The smallest absolute Gasteiger partial charge is 0.184 e. The van der Waals surface area contributed by atoms with Crippen molar-refractivity contribution in [3.63, 3.8) is 0 Å². The molecule has 1 nitrogen and oxygen atoms in total. The molecule has 0 fully saturated rings. The number of fused-ring (bicyclic) bond motifs is 1. The van der Waals surface area contributed by atoms with Crippen LogP contribution < -0.4 is 0 Å². The molecule has 0 saturated heterocycles. The van der Waals surface area contributed by atoms with Gasteiger partial charge in [-0.1, -0.05) is 11.6 Å². The standard InChI is InChI=1S/C7H3Cl2NS2/c8-7-10-5-3-4(12-9)1-2-6(5)11-7/h1-3H. The lowest BCUT2D eigenvalue weighted by Crippen LogP contribution is -1.68. The maximum absolute atomic E-state index is 5.75. The third-order valence-corrected chi connectivity index (χ3v) is 3.53. The fourth-order valence-corrected chi connectivity index (χ4v) is 2.50. The topological polar surface area (TPSA) is 12.9 Å². The molecular weight excluding hydrogens is 233 g/mol. The van der Waals surface area contributed by atoms with Crippen LogP contribution in [0.4, 0.5) is 0 Å². The third-order valence-electron chi connectivity index (χ3n) is 1.42. The van der Waals surface area contributed by atoms with Crippen molar-refractivity contribution in [1.82, 2.24) is 4.98 Å². The summed E-state index contributed by atoms with van der Waals surface area (Å²) in [4.78, 5) is 5.13. The van der Waals surface area contributed by atoms with Crippen molar-refractivity contribution in [2.24, 2.45) is 0 Å². The zero-order chi connectivity index (χ0) is 8.55. The molecule has 0 spiro atoms. The number of hydrogen-bond acceptors (Lipinski definition) is 3. The van der Waals surface area contributed by atoms with Gasteiger partial charge in [-0.3, -0.25) is 0 Å². The van der Waals surface area contributed by atoms with Crippen LogP contribution in [0.15, 0.2) is 23.1 Å². The Morgan fingerprint density at radius 2 is 2.25 bits per heavy atom. The molecule has 0 unspecified atom stereocenters. The highest BCUT2D eigenvalue weighted by molar-refractivity contribution is 8.21. The Kier molecular flexibility index (Phi) is 2.46. The van der Waals surface area contributed by atoms with Crippen LogP contribution in [0.2, 0.25) is 4.47 Å². The number of hydrogen-bond donors (Lipinski definition) is 0. The summed E-state index contributed by atoms with van der Waals surface area (Å²) in [6.07, 6.45) is 0. The van der Waals surface area contributed by atoms with Crippen molar-refractivity contribution >= 4 is 54.8 Å². The molecule has 1 aromatic carbocycles. The molecule has 1 aromatic heterocycles. The van der Waals surface area contributed by atoms with E-state index >= 15 is 0 Å². The van der Waals surface area contributed by atoms with Gasteiger partial charge in [0.25, 0.3) is 0 Å². The van der Waals surface area contributed by atoms with Gasteiger partial charge in [-0.25, -0.2) is 4.98 Å². The molecule has 2 rings (SSSR count). The second-order valence-corrected chi connectivity index (χ2v) is 4.87. The van der Waals surface area contributed by atoms with E-state index in [9.17, 15) is 0 Å². The van der Waals surface area contributed by atoms with Gasteiger partial charge in [0, 0.05) is 4.90 Å². The molecule has 0 aliphatic rings. The van der Waals surface area contributed by atoms with Gasteiger partial charge in [-0.05, 0) is 39.9 Å². The third kappa shape index (κ3) is 1.55. The molecule has 0 aliphatic heterocycles. The first-order valence-electron chi connectivity index (χ1n) is 3.14. The summed E-state index contributed by atoms with van der Waals surface area (Å²) in [5.74, 6) is 0. The van der Waals surface area contributed by atoms with E-state index in [1.165, 1.54) is 22.3 Å². The number of aromatic nitrogens is 1. The van der Waals surface area contributed by atoms with Crippen molar-refractivity contribution in [3.05, 3.63) is 22.7 Å². The minimum atomic E-state index is 0.571. The van der Waals surface area contributed by atoms with Crippen LogP contribution in [0, 0.1) is 0 Å². The summed E-state index contributed by atoms with van der Waals surface area (Å²) in [7, 11) is 6.78. The predicted molar refractivity (Wildman–Crippen MR) is 56.3 cm³/mol. The van der Waals surface area contributed by atoms with Crippen LogP contribution in [-0.2, 0) is 0 Å². The maximum atomic E-state index is 5.75. The Morgan fingerprint density at radius 3 is 3.00 bits per heavy atom. The molecular formula is C7H3Cl2NS2. The summed E-state index contributed by atoms with van der Waals surface area (Å²) in [5, 5.41) is 0. The molecule has 0 saturated carbocycles. The first kappa shape index (κ1) is 8.63. The van der Waals surface area contributed by atoms with Crippen LogP contribution in [-0.4, -0.2) is 4.98 Å². The second-order valence-electron chi connectivity index (χ2n) is 2.17. The summed E-state index contributed by atoms with van der Waals surface area (Å²) in [5.41, 5.74) is 0.913. The van der Waals surface area contributed by atoms with Crippen molar-refractivity contribution in [2.75, 3.05) is 0 Å². The number of thiazole rings is 1. The van der Waals surface area contributed by atoms with Gasteiger partial charge in [-0.15, -0.1) is 11.3 Å². The monoisotopic (exact) mass is 235 g/mol. The van der Waals surface area contributed by atoms with Crippen LogP contribution in [0.5, 0.6) is 0 Å². The highest BCUT2D eigenvalue weighted by Crippen LogP contribution is 2.30. The fourth-order valence-electron chi connectivity index (χ4n) is 0.927. The van der Waals surface area contributed by atoms with Crippen LogP contribution in [0.3, 0.4) is 0 Å². The zero-order valence-corrected chi connectivity index (χ0v) is 8.90. The van der Waals surface area contributed by atoms with Gasteiger partial charge < -0.3 is 0 Å². The minimum Gasteiger partial charge on any atom is -0.225 e. The predicted octanol–water partition coefficient (Wildman–Crippen LogP) is 4.20. The number of halogens is 2. The van der Waals surface area contributed by atoms with Crippen LogP contribution >= 0.6 is 44.6 Å². The first-order valence-corrected chi connectivity index (χ1v) is 5.98. The molecule has 0 amide bonds. The average Bonchev–Trinajstić information content (AvgIpc) is 2.43. The van der Waals surface area contributed by atoms with Gasteiger partial charge in [0.05, 0.1) is 10.2 Å². The molecule has 2 aromatic rings. The van der Waals surface area contributed by atoms with E-state index in [4.69, 9.17) is 22.3 Å². The Hall–Kier alpha value is 0.0400. The Labute approximate surface area is 87.2 Å². The van der Waals surface area contributed by atoms with Crippen molar-refractivity contribution in [2.45, 2.75) is 4.90 Å². The molecule has 5 heteroatoms. The molecule has 1 heterocycles. The SMILES string of the molecule is ClSc1ccc2sc(Cl)nc2c1. The largest absolute Gasteiger partial charge is 0.225 e. The van der Waals surface area contributed by atoms with Gasteiger partial charge in [-0.2, -0.15) is 0 Å². The van der Waals surface area contributed by atoms with Gasteiger partial charge in [0.2, 0.25) is 0 Å². The normalized spacial score (nSPS) is 10.8. The van der Waals surface area contributed by atoms with E-state index in [2.05, 4.69) is 4.98 Å². The lowest BCUT2D eigenvalue weighted by molar-refractivity contribution is 1.44. The fraction of sp³-hybridized carbons (Fsp3) is 0. The Balaban J connectivity index is 2.66. The number of nitrogens with zero attached hydrogens (tertiary/aromatic N) is 1. The summed E-state index contributed by atoms with van der Waals surface area (Å²) in [6.45, 7) is 0. The molecule has 0 bridgehead atoms. The lowest BCUT2D eigenvalue weighted by Gasteiger charge is -1.91. The average molecular weight is 236 g/mol. The minimum absolute atomic E-state index is 0.571. The lowest BCUT2D eigenvalue weighted by atomic mass is 10.3. The van der Waals surface area contributed by atoms with E-state index in [1.54, 1.807) is 0 Å². The van der Waals surface area contributed by atoms with Crippen molar-refractivity contribution in [3.8, 4) is 0 Å². The quantitative estimate of drug-likeness (QED) is 0.736. The summed E-state index contributed by atoms with van der Waals surface area (Å²) in [6, 6.07) is 5.85.